The topological polar surface area (TPSA) is 69.7 Å². The summed E-state index contributed by atoms with van der Waals surface area (Å²) in [7, 11) is 0. The van der Waals surface area contributed by atoms with E-state index >= 15 is 0 Å². The summed E-state index contributed by atoms with van der Waals surface area (Å²) in [5.41, 5.74) is 3.22. The number of halogens is 1. The van der Waals surface area contributed by atoms with Crippen molar-refractivity contribution in [3.05, 3.63) is 94.5 Å². The SMILES string of the molecule is O=C(Nc1ccc(Cl)cc1)c1ccc(CN2C(=O)[C@H]3CCCN3C(=O)c3ccccc32)cc1. The lowest BCUT2D eigenvalue weighted by Gasteiger charge is -2.26. The molecule has 6 nitrogen and oxygen atoms in total. The van der Waals surface area contributed by atoms with Gasteiger partial charge in [-0.1, -0.05) is 35.9 Å². The third-order valence-electron chi connectivity index (χ3n) is 6.15. The van der Waals surface area contributed by atoms with Gasteiger partial charge in [0.1, 0.15) is 6.04 Å². The van der Waals surface area contributed by atoms with Gasteiger partial charge in [-0.15, -0.1) is 0 Å². The summed E-state index contributed by atoms with van der Waals surface area (Å²) >= 11 is 5.89. The van der Waals surface area contributed by atoms with Crippen molar-refractivity contribution in [3.8, 4) is 0 Å². The monoisotopic (exact) mass is 459 g/mol. The van der Waals surface area contributed by atoms with E-state index in [2.05, 4.69) is 5.32 Å². The van der Waals surface area contributed by atoms with Gasteiger partial charge < -0.3 is 15.1 Å². The van der Waals surface area contributed by atoms with Crippen LogP contribution < -0.4 is 10.2 Å². The van der Waals surface area contributed by atoms with E-state index in [0.29, 0.717) is 47.0 Å². The number of rotatable bonds is 4. The Hall–Kier alpha value is -3.64. The third kappa shape index (κ3) is 4.10. The van der Waals surface area contributed by atoms with Crippen molar-refractivity contribution >= 4 is 40.7 Å². The first-order valence-electron chi connectivity index (χ1n) is 10.9. The van der Waals surface area contributed by atoms with Crippen LogP contribution in [0.2, 0.25) is 5.02 Å². The van der Waals surface area contributed by atoms with Crippen LogP contribution in [0.4, 0.5) is 11.4 Å². The van der Waals surface area contributed by atoms with Crippen molar-refractivity contribution in [2.75, 3.05) is 16.8 Å². The maximum atomic E-state index is 13.4. The molecule has 1 saturated heterocycles. The van der Waals surface area contributed by atoms with Crippen molar-refractivity contribution in [1.82, 2.24) is 4.90 Å². The van der Waals surface area contributed by atoms with E-state index in [1.807, 2.05) is 30.3 Å². The van der Waals surface area contributed by atoms with Gasteiger partial charge in [0.15, 0.2) is 0 Å². The summed E-state index contributed by atoms with van der Waals surface area (Å²) in [6, 6.07) is 20.9. The van der Waals surface area contributed by atoms with Crippen molar-refractivity contribution in [2.45, 2.75) is 25.4 Å². The van der Waals surface area contributed by atoms with Crippen LogP contribution in [0.3, 0.4) is 0 Å². The number of para-hydroxylation sites is 1. The van der Waals surface area contributed by atoms with E-state index in [4.69, 9.17) is 11.6 Å². The minimum Gasteiger partial charge on any atom is -0.327 e. The molecule has 0 radical (unpaired) electrons. The number of carbonyl (C=O) groups excluding carboxylic acids is 3. The van der Waals surface area contributed by atoms with Gasteiger partial charge in [-0.2, -0.15) is 0 Å². The highest BCUT2D eigenvalue weighted by molar-refractivity contribution is 6.30. The average Bonchev–Trinajstić information content (AvgIpc) is 3.31. The zero-order valence-corrected chi connectivity index (χ0v) is 18.6. The van der Waals surface area contributed by atoms with E-state index < -0.39 is 6.04 Å². The fraction of sp³-hybridized carbons (Fsp3) is 0.192. The summed E-state index contributed by atoms with van der Waals surface area (Å²) in [4.78, 5) is 42.4. The van der Waals surface area contributed by atoms with Crippen molar-refractivity contribution < 1.29 is 14.4 Å². The first kappa shape index (κ1) is 21.2. The molecule has 1 atom stereocenters. The smallest absolute Gasteiger partial charge is 0.256 e. The van der Waals surface area contributed by atoms with Crippen LogP contribution in [-0.4, -0.2) is 35.2 Å². The molecule has 0 spiro atoms. The fourth-order valence-corrected chi connectivity index (χ4v) is 4.58. The van der Waals surface area contributed by atoms with E-state index in [-0.39, 0.29) is 17.7 Å². The minimum absolute atomic E-state index is 0.0599. The molecule has 1 fully saturated rings. The molecule has 0 saturated carbocycles. The number of benzene rings is 3. The van der Waals surface area contributed by atoms with Gasteiger partial charge in [0, 0.05) is 22.8 Å². The van der Waals surface area contributed by atoms with Crippen molar-refractivity contribution in [1.29, 1.82) is 0 Å². The van der Waals surface area contributed by atoms with Crippen LogP contribution in [0.25, 0.3) is 0 Å². The van der Waals surface area contributed by atoms with E-state index in [1.54, 1.807) is 52.3 Å². The Kier molecular flexibility index (Phi) is 5.60. The van der Waals surface area contributed by atoms with Gasteiger partial charge in [0.05, 0.1) is 17.8 Å². The van der Waals surface area contributed by atoms with Crippen LogP contribution in [0.15, 0.2) is 72.8 Å². The molecule has 1 N–H and O–H groups in total. The molecule has 0 aliphatic carbocycles. The molecule has 166 valence electrons. The Morgan fingerprint density at radius 1 is 0.970 bits per heavy atom. The maximum absolute atomic E-state index is 13.4. The maximum Gasteiger partial charge on any atom is 0.256 e. The minimum atomic E-state index is -0.422. The molecule has 0 unspecified atom stereocenters. The molecule has 3 amide bonds. The standard InChI is InChI=1S/C26H22ClN3O3/c27-19-11-13-20(14-12-19)28-24(31)18-9-7-17(8-10-18)16-30-22-5-2-1-4-21(22)25(32)29-15-3-6-23(29)26(30)33/h1-2,4-5,7-14,23H,3,6,15-16H2,(H,28,31)/t23-/m1/s1. The van der Waals surface area contributed by atoms with E-state index in [0.717, 1.165) is 12.0 Å². The van der Waals surface area contributed by atoms with Crippen LogP contribution in [0.1, 0.15) is 39.1 Å². The Balaban J connectivity index is 1.37. The second kappa shape index (κ2) is 8.71. The van der Waals surface area contributed by atoms with Crippen LogP contribution in [-0.2, 0) is 11.3 Å². The lowest BCUT2D eigenvalue weighted by atomic mass is 10.1. The quantitative estimate of drug-likeness (QED) is 0.612. The Morgan fingerprint density at radius 2 is 1.70 bits per heavy atom. The van der Waals surface area contributed by atoms with Crippen LogP contribution in [0.5, 0.6) is 0 Å². The zero-order valence-electron chi connectivity index (χ0n) is 17.8. The summed E-state index contributed by atoms with van der Waals surface area (Å²) < 4.78 is 0. The van der Waals surface area contributed by atoms with Crippen LogP contribution >= 0.6 is 11.6 Å². The predicted molar refractivity (Wildman–Crippen MR) is 128 cm³/mol. The molecule has 5 rings (SSSR count). The van der Waals surface area contributed by atoms with Gasteiger partial charge >= 0.3 is 0 Å². The average molecular weight is 460 g/mol. The van der Waals surface area contributed by atoms with E-state index in [1.165, 1.54) is 0 Å². The lowest BCUT2D eigenvalue weighted by molar-refractivity contribution is -0.122. The Labute approximate surface area is 196 Å². The molecular weight excluding hydrogens is 438 g/mol. The number of amides is 3. The van der Waals surface area contributed by atoms with Gasteiger partial charge in [0.2, 0.25) is 5.91 Å². The number of carbonyl (C=O) groups is 3. The highest BCUT2D eigenvalue weighted by atomic mass is 35.5. The summed E-state index contributed by atoms with van der Waals surface area (Å²) in [6.45, 7) is 0.932. The largest absolute Gasteiger partial charge is 0.327 e. The first-order chi connectivity index (χ1) is 16.0. The van der Waals surface area contributed by atoms with Crippen molar-refractivity contribution in [3.63, 3.8) is 0 Å². The Bertz CT molecular complexity index is 1220. The van der Waals surface area contributed by atoms with Gasteiger partial charge in [-0.3, -0.25) is 14.4 Å². The molecule has 2 aliphatic heterocycles. The Morgan fingerprint density at radius 3 is 2.45 bits per heavy atom. The highest BCUT2D eigenvalue weighted by Gasteiger charge is 2.41. The molecule has 3 aromatic rings. The first-order valence-corrected chi connectivity index (χ1v) is 11.3. The lowest BCUT2D eigenvalue weighted by Crippen LogP contribution is -2.44. The molecule has 7 heteroatoms. The number of nitrogens with one attached hydrogen (secondary N) is 1. The molecule has 0 bridgehead atoms. The van der Waals surface area contributed by atoms with Gasteiger partial charge in [-0.25, -0.2) is 0 Å². The number of anilines is 2. The molecule has 33 heavy (non-hydrogen) atoms. The highest BCUT2D eigenvalue weighted by Crippen LogP contribution is 2.33. The third-order valence-corrected chi connectivity index (χ3v) is 6.40. The molecule has 2 heterocycles. The molecule has 0 aromatic heterocycles. The summed E-state index contributed by atoms with van der Waals surface area (Å²) in [6.07, 6.45) is 1.51. The number of hydrogen-bond acceptors (Lipinski definition) is 3. The van der Waals surface area contributed by atoms with Gasteiger partial charge in [-0.05, 0) is 66.9 Å². The number of hydrogen-bond donors (Lipinski definition) is 1. The van der Waals surface area contributed by atoms with Crippen molar-refractivity contribution in [2.24, 2.45) is 0 Å². The normalized spacial score (nSPS) is 17.4. The number of nitrogens with zero attached hydrogens (tertiary/aromatic N) is 2. The zero-order chi connectivity index (χ0) is 22.9. The van der Waals surface area contributed by atoms with Crippen LogP contribution in [0, 0.1) is 0 Å². The molecule has 2 aliphatic rings. The van der Waals surface area contributed by atoms with E-state index in [9.17, 15) is 14.4 Å². The summed E-state index contributed by atoms with van der Waals surface area (Å²) in [5.74, 6) is -0.374. The second-order valence-electron chi connectivity index (χ2n) is 8.26. The number of fused-ring (bicyclic) bond motifs is 2. The molecular formula is C26H22ClN3O3. The molecule has 3 aromatic carbocycles. The summed E-state index contributed by atoms with van der Waals surface area (Å²) in [5, 5.41) is 3.44. The van der Waals surface area contributed by atoms with Gasteiger partial charge in [0.25, 0.3) is 11.8 Å². The second-order valence-corrected chi connectivity index (χ2v) is 8.69. The fourth-order valence-electron chi connectivity index (χ4n) is 4.45. The predicted octanol–water partition coefficient (Wildman–Crippen LogP) is 4.74.